The highest BCUT2D eigenvalue weighted by atomic mass is 16.7. The standard InChI is InChI=1S/C11H19NO4/c1-7(13)10-9(11(14)15-2)8-5-3-4-6-12(8)16-10/h7-10,13H,3-6H2,1-2H3/t7-,8+,9-,10+/m0/s1. The lowest BCUT2D eigenvalue weighted by atomic mass is 9.87. The molecule has 0 aromatic rings. The number of aliphatic hydroxyl groups is 1. The highest BCUT2D eigenvalue weighted by Gasteiger charge is 2.50. The first-order valence-electron chi connectivity index (χ1n) is 5.84. The van der Waals surface area contributed by atoms with Crippen molar-refractivity contribution >= 4 is 5.97 Å². The van der Waals surface area contributed by atoms with Crippen LogP contribution in [0, 0.1) is 5.92 Å². The molecule has 1 N–H and O–H groups in total. The molecule has 92 valence electrons. The second kappa shape index (κ2) is 4.69. The predicted molar refractivity (Wildman–Crippen MR) is 56.4 cm³/mol. The number of fused-ring (bicyclic) bond motifs is 1. The number of rotatable bonds is 2. The molecule has 0 bridgehead atoms. The Morgan fingerprint density at radius 2 is 2.31 bits per heavy atom. The average Bonchev–Trinajstić information content (AvgIpc) is 2.67. The lowest BCUT2D eigenvalue weighted by Gasteiger charge is -2.28. The van der Waals surface area contributed by atoms with Crippen LogP contribution in [0.15, 0.2) is 0 Å². The van der Waals surface area contributed by atoms with Crippen molar-refractivity contribution in [3.63, 3.8) is 0 Å². The third kappa shape index (κ3) is 1.95. The number of methoxy groups -OCH3 is 1. The normalized spacial score (nSPS) is 36.8. The van der Waals surface area contributed by atoms with Crippen LogP contribution >= 0.6 is 0 Å². The van der Waals surface area contributed by atoms with E-state index < -0.39 is 12.2 Å². The maximum Gasteiger partial charge on any atom is 0.313 e. The number of hydrogen-bond acceptors (Lipinski definition) is 5. The SMILES string of the molecule is COC(=O)[C@@H]1[C@@H]([C@H](C)O)ON2CCCC[C@H]12. The van der Waals surface area contributed by atoms with Gasteiger partial charge in [-0.05, 0) is 19.8 Å². The maximum atomic E-state index is 11.7. The minimum absolute atomic E-state index is 0.0702. The summed E-state index contributed by atoms with van der Waals surface area (Å²) < 4.78 is 4.81. The Balaban J connectivity index is 2.17. The molecule has 0 aliphatic carbocycles. The Bertz CT molecular complexity index is 267. The highest BCUT2D eigenvalue weighted by Crippen LogP contribution is 2.36. The number of aliphatic hydroxyl groups excluding tert-OH is 1. The van der Waals surface area contributed by atoms with Gasteiger partial charge in [-0.1, -0.05) is 6.42 Å². The Morgan fingerprint density at radius 3 is 2.94 bits per heavy atom. The fourth-order valence-electron chi connectivity index (χ4n) is 2.68. The van der Waals surface area contributed by atoms with Crippen molar-refractivity contribution in [1.29, 1.82) is 0 Å². The van der Waals surface area contributed by atoms with E-state index >= 15 is 0 Å². The van der Waals surface area contributed by atoms with Crippen LogP contribution in [0.2, 0.25) is 0 Å². The third-order valence-electron chi connectivity index (χ3n) is 3.47. The molecular weight excluding hydrogens is 210 g/mol. The van der Waals surface area contributed by atoms with Crippen molar-refractivity contribution in [2.45, 2.75) is 44.4 Å². The summed E-state index contributed by atoms with van der Waals surface area (Å²) in [5, 5.41) is 11.5. The minimum Gasteiger partial charge on any atom is -0.469 e. The largest absolute Gasteiger partial charge is 0.469 e. The van der Waals surface area contributed by atoms with E-state index in [4.69, 9.17) is 9.57 Å². The van der Waals surface area contributed by atoms with Gasteiger partial charge in [0.05, 0.1) is 19.3 Å². The quantitative estimate of drug-likeness (QED) is 0.691. The van der Waals surface area contributed by atoms with Crippen LogP contribution in [0.4, 0.5) is 0 Å². The van der Waals surface area contributed by atoms with Crippen molar-refractivity contribution in [2.24, 2.45) is 5.92 Å². The van der Waals surface area contributed by atoms with Crippen LogP contribution in [0.3, 0.4) is 0 Å². The molecule has 2 fully saturated rings. The number of esters is 1. The van der Waals surface area contributed by atoms with E-state index in [0.29, 0.717) is 0 Å². The molecule has 5 nitrogen and oxygen atoms in total. The van der Waals surface area contributed by atoms with Gasteiger partial charge in [-0.15, -0.1) is 0 Å². The van der Waals surface area contributed by atoms with E-state index in [1.807, 2.05) is 5.06 Å². The summed E-state index contributed by atoms with van der Waals surface area (Å²) in [5.74, 6) is -0.634. The number of hydrogen-bond donors (Lipinski definition) is 1. The predicted octanol–water partition coefficient (Wildman–Crippen LogP) is 0.325. The Morgan fingerprint density at radius 1 is 1.56 bits per heavy atom. The summed E-state index contributed by atoms with van der Waals surface area (Å²) in [7, 11) is 1.38. The number of hydroxylamine groups is 2. The van der Waals surface area contributed by atoms with Gasteiger partial charge in [-0.25, -0.2) is 0 Å². The van der Waals surface area contributed by atoms with E-state index in [0.717, 1.165) is 25.8 Å². The molecule has 0 aromatic carbocycles. The molecule has 2 saturated heterocycles. The van der Waals surface area contributed by atoms with E-state index in [1.54, 1.807) is 6.92 Å². The first kappa shape index (κ1) is 11.8. The smallest absolute Gasteiger partial charge is 0.313 e. The highest BCUT2D eigenvalue weighted by molar-refractivity contribution is 5.74. The van der Waals surface area contributed by atoms with Crippen LogP contribution in [0.5, 0.6) is 0 Å². The Labute approximate surface area is 95.3 Å². The summed E-state index contributed by atoms with van der Waals surface area (Å²) >= 11 is 0. The summed E-state index contributed by atoms with van der Waals surface area (Å²) in [6, 6.07) is 0.0702. The second-order valence-corrected chi connectivity index (χ2v) is 4.56. The van der Waals surface area contributed by atoms with Crippen molar-refractivity contribution in [1.82, 2.24) is 5.06 Å². The zero-order valence-corrected chi connectivity index (χ0v) is 9.76. The maximum absolute atomic E-state index is 11.7. The van der Waals surface area contributed by atoms with Crippen molar-refractivity contribution < 1.29 is 19.5 Å². The van der Waals surface area contributed by atoms with E-state index in [-0.39, 0.29) is 17.9 Å². The fraction of sp³-hybridized carbons (Fsp3) is 0.909. The van der Waals surface area contributed by atoms with Crippen LogP contribution in [-0.2, 0) is 14.4 Å². The molecule has 2 heterocycles. The van der Waals surface area contributed by atoms with Gasteiger partial charge < -0.3 is 9.84 Å². The average molecular weight is 229 g/mol. The topological polar surface area (TPSA) is 59.0 Å². The van der Waals surface area contributed by atoms with Gasteiger partial charge in [0.15, 0.2) is 0 Å². The monoisotopic (exact) mass is 229 g/mol. The summed E-state index contributed by atoms with van der Waals surface area (Å²) in [6.45, 7) is 2.49. The number of carbonyl (C=O) groups is 1. The second-order valence-electron chi connectivity index (χ2n) is 4.56. The van der Waals surface area contributed by atoms with Crippen molar-refractivity contribution in [3.05, 3.63) is 0 Å². The molecule has 2 aliphatic rings. The zero-order chi connectivity index (χ0) is 11.7. The van der Waals surface area contributed by atoms with E-state index in [2.05, 4.69) is 0 Å². The number of piperidine rings is 1. The molecule has 4 atom stereocenters. The molecule has 0 unspecified atom stereocenters. The van der Waals surface area contributed by atoms with Gasteiger partial charge in [0.25, 0.3) is 0 Å². The third-order valence-corrected chi connectivity index (χ3v) is 3.47. The number of ether oxygens (including phenoxy) is 1. The molecule has 0 saturated carbocycles. The van der Waals surface area contributed by atoms with Gasteiger partial charge in [-0.2, -0.15) is 5.06 Å². The zero-order valence-electron chi connectivity index (χ0n) is 9.76. The molecule has 0 amide bonds. The van der Waals surface area contributed by atoms with Gasteiger partial charge in [-0.3, -0.25) is 9.63 Å². The van der Waals surface area contributed by atoms with E-state index in [9.17, 15) is 9.90 Å². The fourth-order valence-corrected chi connectivity index (χ4v) is 2.68. The molecule has 0 spiro atoms. The lowest BCUT2D eigenvalue weighted by Crippen LogP contribution is -2.41. The molecule has 2 rings (SSSR count). The lowest BCUT2D eigenvalue weighted by molar-refractivity contribution is -0.191. The molecule has 0 radical (unpaired) electrons. The van der Waals surface area contributed by atoms with Gasteiger partial charge in [0.1, 0.15) is 12.0 Å². The van der Waals surface area contributed by atoms with Gasteiger partial charge in [0.2, 0.25) is 0 Å². The van der Waals surface area contributed by atoms with Gasteiger partial charge in [0, 0.05) is 6.54 Å². The summed E-state index contributed by atoms with van der Waals surface area (Å²) in [6.07, 6.45) is 2.00. The molecule has 2 aliphatic heterocycles. The van der Waals surface area contributed by atoms with Crippen molar-refractivity contribution in [3.8, 4) is 0 Å². The first-order chi connectivity index (χ1) is 7.65. The minimum atomic E-state index is -0.658. The van der Waals surface area contributed by atoms with Crippen LogP contribution in [-0.4, -0.2) is 48.0 Å². The molecule has 5 heteroatoms. The first-order valence-corrected chi connectivity index (χ1v) is 5.84. The van der Waals surface area contributed by atoms with Crippen LogP contribution in [0.1, 0.15) is 26.2 Å². The molecule has 16 heavy (non-hydrogen) atoms. The summed E-state index contributed by atoms with van der Waals surface area (Å²) in [4.78, 5) is 17.4. The van der Waals surface area contributed by atoms with Crippen molar-refractivity contribution in [2.75, 3.05) is 13.7 Å². The molecule has 0 aromatic heterocycles. The number of carbonyl (C=O) groups excluding carboxylic acids is 1. The van der Waals surface area contributed by atoms with Crippen LogP contribution in [0.25, 0.3) is 0 Å². The van der Waals surface area contributed by atoms with Crippen LogP contribution < -0.4 is 0 Å². The Kier molecular flexibility index (Phi) is 3.47. The van der Waals surface area contributed by atoms with E-state index in [1.165, 1.54) is 7.11 Å². The summed E-state index contributed by atoms with van der Waals surface area (Å²) in [5.41, 5.74) is 0. The van der Waals surface area contributed by atoms with Gasteiger partial charge >= 0.3 is 5.97 Å². The number of nitrogens with zero attached hydrogens (tertiary/aromatic N) is 1. The Hall–Kier alpha value is -0.650. The molecular formula is C11H19NO4.